The van der Waals surface area contributed by atoms with Gasteiger partial charge in [-0.2, -0.15) is 0 Å². The number of amides is 2. The van der Waals surface area contributed by atoms with Gasteiger partial charge >= 0.3 is 10.8 Å². The Hall–Kier alpha value is -2.89. The van der Waals surface area contributed by atoms with Crippen LogP contribution in [0.2, 0.25) is 0 Å². The minimum Gasteiger partial charge on any atom is -0.489 e. The normalized spacial score (nSPS) is 29.9. The first-order valence-corrected chi connectivity index (χ1v) is 15.6. The Morgan fingerprint density at radius 1 is 1.12 bits per heavy atom. The van der Waals surface area contributed by atoms with Gasteiger partial charge in [0.25, 0.3) is 0 Å². The standard InChI is InChI=1S/C29H25BrN2O6S2/c1-12-3-2-4-13(7-12)11-38-18-6-5-14(30)8-15(18)20-21-16-9-17(24(21)39-26-25(20)40-29(37)31-26)23-22(16)27(35)32(28(23)36)10-19(33)34/h2-8,16-17,20-24H,9-11H2,1H3,(H,31,37)(H,33,34)/t16?,17?,20-,21?,22?,23?,24?/m1/s1. The number of thiazole rings is 1. The van der Waals surface area contributed by atoms with E-state index in [9.17, 15) is 24.3 Å². The fourth-order valence-corrected chi connectivity index (χ4v) is 10.8. The molecule has 3 aromatic rings. The van der Waals surface area contributed by atoms with E-state index in [1.54, 1.807) is 11.8 Å². The minimum atomic E-state index is -1.19. The number of halogens is 1. The molecule has 4 aliphatic rings. The zero-order chi connectivity index (χ0) is 27.9. The van der Waals surface area contributed by atoms with Gasteiger partial charge in [0.2, 0.25) is 11.8 Å². The van der Waals surface area contributed by atoms with Crippen LogP contribution in [0.4, 0.5) is 0 Å². The van der Waals surface area contributed by atoms with Gasteiger partial charge in [0.15, 0.2) is 0 Å². The first-order chi connectivity index (χ1) is 19.2. The summed E-state index contributed by atoms with van der Waals surface area (Å²) in [5.74, 6) is -2.62. The van der Waals surface area contributed by atoms with E-state index in [0.717, 1.165) is 42.4 Å². The van der Waals surface area contributed by atoms with Crippen molar-refractivity contribution in [2.75, 3.05) is 6.54 Å². The van der Waals surface area contributed by atoms with Gasteiger partial charge in [-0.25, -0.2) is 0 Å². The van der Waals surface area contributed by atoms with Crippen molar-refractivity contribution < 1.29 is 24.2 Å². The summed E-state index contributed by atoms with van der Waals surface area (Å²) in [4.78, 5) is 55.5. The topological polar surface area (TPSA) is 117 Å². The maximum Gasteiger partial charge on any atom is 0.323 e. The molecule has 6 unspecified atom stereocenters. The molecule has 1 saturated heterocycles. The number of ether oxygens (including phenoxy) is 1. The van der Waals surface area contributed by atoms with E-state index < -0.39 is 24.3 Å². The lowest BCUT2D eigenvalue weighted by Crippen LogP contribution is -2.42. The number of thioether (sulfide) groups is 1. The molecule has 2 saturated carbocycles. The van der Waals surface area contributed by atoms with Crippen molar-refractivity contribution in [3.05, 3.63) is 78.2 Å². The molecular formula is C29H25BrN2O6S2. The first-order valence-electron chi connectivity index (χ1n) is 13.2. The van der Waals surface area contributed by atoms with Gasteiger partial charge in [0, 0.05) is 26.1 Å². The second-order valence-corrected chi connectivity index (χ2v) is 14.2. The van der Waals surface area contributed by atoms with Gasteiger partial charge in [0.05, 0.1) is 16.9 Å². The molecule has 1 aromatic heterocycles. The summed E-state index contributed by atoms with van der Waals surface area (Å²) in [6, 6.07) is 14.1. The maximum atomic E-state index is 13.4. The van der Waals surface area contributed by atoms with Crippen LogP contribution in [0.15, 0.2) is 56.8 Å². The Kier molecular flexibility index (Phi) is 6.25. The van der Waals surface area contributed by atoms with Crippen LogP contribution in [0.25, 0.3) is 0 Å². The molecule has 2 bridgehead atoms. The molecule has 7 atom stereocenters. The third-order valence-corrected chi connectivity index (χ3v) is 12.0. The fraction of sp³-hybridized carbons (Fsp3) is 0.379. The fourth-order valence-electron chi connectivity index (χ4n) is 7.57. The molecule has 11 heteroatoms. The average Bonchev–Trinajstić information content (AvgIpc) is 3.64. The quantitative estimate of drug-likeness (QED) is 0.377. The van der Waals surface area contributed by atoms with E-state index in [0.29, 0.717) is 12.4 Å². The Morgan fingerprint density at radius 2 is 1.90 bits per heavy atom. The number of benzene rings is 2. The molecule has 0 spiro atoms. The SMILES string of the molecule is Cc1cccc(COc2ccc(Br)cc2[C@H]2c3sc(=O)[nH]c3SC3C4CC(C5C(=O)N(CC(=O)O)C(=O)C45)C32)c1. The Balaban J connectivity index is 1.30. The number of nitrogens with zero attached hydrogens (tertiary/aromatic N) is 1. The smallest absolute Gasteiger partial charge is 0.323 e. The number of hydrogen-bond acceptors (Lipinski definition) is 7. The zero-order valence-corrected chi connectivity index (χ0v) is 24.6. The van der Waals surface area contributed by atoms with Crippen molar-refractivity contribution in [2.24, 2.45) is 29.6 Å². The van der Waals surface area contributed by atoms with Crippen LogP contribution in [-0.2, 0) is 21.0 Å². The summed E-state index contributed by atoms with van der Waals surface area (Å²) in [5, 5.41) is 10.2. The van der Waals surface area contributed by atoms with Crippen LogP contribution < -0.4 is 9.61 Å². The highest BCUT2D eigenvalue weighted by Crippen LogP contribution is 2.69. The Labute approximate surface area is 246 Å². The molecule has 2 aliphatic heterocycles. The number of nitrogens with one attached hydrogen (secondary N) is 1. The number of aromatic amines is 1. The highest BCUT2D eigenvalue weighted by Gasteiger charge is 2.69. The van der Waals surface area contributed by atoms with Crippen molar-refractivity contribution in [3.8, 4) is 5.75 Å². The highest BCUT2D eigenvalue weighted by molar-refractivity contribution is 9.10. The largest absolute Gasteiger partial charge is 0.489 e. The summed E-state index contributed by atoms with van der Waals surface area (Å²) in [6.45, 7) is 1.83. The maximum absolute atomic E-state index is 13.4. The molecule has 2 aliphatic carbocycles. The predicted molar refractivity (Wildman–Crippen MR) is 153 cm³/mol. The van der Waals surface area contributed by atoms with Gasteiger partial charge in [-0.1, -0.05) is 57.1 Å². The van der Waals surface area contributed by atoms with E-state index in [2.05, 4.69) is 27.0 Å². The molecule has 2 aromatic carbocycles. The van der Waals surface area contributed by atoms with E-state index in [-0.39, 0.29) is 45.6 Å². The van der Waals surface area contributed by atoms with Crippen molar-refractivity contribution in [1.29, 1.82) is 0 Å². The van der Waals surface area contributed by atoms with Crippen molar-refractivity contribution in [1.82, 2.24) is 9.88 Å². The number of carboxylic acids is 1. The van der Waals surface area contributed by atoms with Crippen LogP contribution in [0.3, 0.4) is 0 Å². The number of likely N-dealkylation sites (tertiary alicyclic amines) is 1. The summed E-state index contributed by atoms with van der Waals surface area (Å²) < 4.78 is 7.30. The molecule has 206 valence electrons. The molecule has 8 nitrogen and oxygen atoms in total. The molecule has 3 fully saturated rings. The molecule has 0 radical (unpaired) electrons. The number of carbonyl (C=O) groups is 3. The summed E-state index contributed by atoms with van der Waals surface area (Å²) in [6.07, 6.45) is 0.735. The number of H-pyrrole nitrogens is 1. The molecular weight excluding hydrogens is 616 g/mol. The highest BCUT2D eigenvalue weighted by atomic mass is 79.9. The number of aromatic nitrogens is 1. The number of imide groups is 1. The Morgan fingerprint density at radius 3 is 2.65 bits per heavy atom. The number of aryl methyl sites for hydroxylation is 1. The summed E-state index contributed by atoms with van der Waals surface area (Å²) in [5.41, 5.74) is 3.14. The number of carbonyl (C=O) groups excluding carboxylic acids is 2. The third kappa shape index (κ3) is 4.00. The van der Waals surface area contributed by atoms with Crippen LogP contribution >= 0.6 is 39.0 Å². The van der Waals surface area contributed by atoms with Crippen molar-refractivity contribution >= 4 is 56.8 Å². The second-order valence-electron chi connectivity index (χ2n) is 11.1. The van der Waals surface area contributed by atoms with E-state index in [4.69, 9.17) is 4.74 Å². The van der Waals surface area contributed by atoms with Crippen LogP contribution in [0, 0.1) is 36.5 Å². The van der Waals surface area contributed by atoms with Gasteiger partial charge in [-0.3, -0.25) is 24.1 Å². The third-order valence-electron chi connectivity index (χ3n) is 8.89. The van der Waals surface area contributed by atoms with Gasteiger partial charge in [0.1, 0.15) is 18.9 Å². The lowest BCUT2D eigenvalue weighted by Gasteiger charge is -2.43. The van der Waals surface area contributed by atoms with Crippen LogP contribution in [0.5, 0.6) is 5.75 Å². The van der Waals surface area contributed by atoms with Gasteiger partial charge in [-0.05, 0) is 54.9 Å². The number of carboxylic acid groups (broad SMARTS) is 1. The molecule has 3 heterocycles. The lowest BCUT2D eigenvalue weighted by molar-refractivity contribution is -0.149. The number of aliphatic carboxylic acids is 1. The summed E-state index contributed by atoms with van der Waals surface area (Å²) >= 11 is 6.43. The zero-order valence-electron chi connectivity index (χ0n) is 21.3. The monoisotopic (exact) mass is 640 g/mol. The molecule has 40 heavy (non-hydrogen) atoms. The molecule has 2 amide bonds. The van der Waals surface area contributed by atoms with E-state index in [1.807, 2.05) is 43.3 Å². The van der Waals surface area contributed by atoms with Gasteiger partial charge < -0.3 is 14.8 Å². The number of fused-ring (bicyclic) bond motifs is 9. The van der Waals surface area contributed by atoms with Crippen molar-refractivity contribution in [2.45, 2.75) is 36.1 Å². The lowest BCUT2D eigenvalue weighted by atomic mass is 9.68. The van der Waals surface area contributed by atoms with Crippen LogP contribution in [0.1, 0.15) is 33.9 Å². The summed E-state index contributed by atoms with van der Waals surface area (Å²) in [7, 11) is 0. The minimum absolute atomic E-state index is 0.00709. The average molecular weight is 642 g/mol. The molecule has 7 rings (SSSR count). The van der Waals surface area contributed by atoms with Crippen LogP contribution in [-0.4, -0.2) is 44.6 Å². The van der Waals surface area contributed by atoms with E-state index in [1.165, 1.54) is 11.3 Å². The number of rotatable bonds is 6. The van der Waals surface area contributed by atoms with Gasteiger partial charge in [-0.15, -0.1) is 11.8 Å². The Bertz CT molecular complexity index is 1630. The molecule has 2 N–H and O–H groups in total. The number of hydrogen-bond donors (Lipinski definition) is 2. The van der Waals surface area contributed by atoms with E-state index >= 15 is 0 Å². The predicted octanol–water partition coefficient (Wildman–Crippen LogP) is 4.64. The second kappa shape index (κ2) is 9.60. The first kappa shape index (κ1) is 26.0. The van der Waals surface area contributed by atoms with Crippen molar-refractivity contribution in [3.63, 3.8) is 0 Å².